The Bertz CT molecular complexity index is 768. The number of hydrogen-bond donors (Lipinski definition) is 1. The van der Waals surface area contributed by atoms with Crippen LogP contribution < -0.4 is 4.72 Å². The van der Waals surface area contributed by atoms with Crippen LogP contribution in [0.2, 0.25) is 0 Å². The van der Waals surface area contributed by atoms with Gasteiger partial charge in [-0.2, -0.15) is 0 Å². The first-order valence-corrected chi connectivity index (χ1v) is 10.3. The first-order valence-electron chi connectivity index (χ1n) is 8.85. The second kappa shape index (κ2) is 7.30. The molecule has 1 aromatic rings. The maximum Gasteiger partial charge on any atom is 0.240 e. The highest BCUT2D eigenvalue weighted by Gasteiger charge is 2.35. The number of allylic oxidation sites excluding steroid dienone is 2. The Hall–Kier alpha value is -1.66. The van der Waals surface area contributed by atoms with Crippen molar-refractivity contribution in [2.24, 2.45) is 11.8 Å². The van der Waals surface area contributed by atoms with E-state index in [0.717, 1.165) is 31.5 Å². The molecule has 1 fully saturated rings. The zero-order chi connectivity index (χ0) is 18.0. The summed E-state index contributed by atoms with van der Waals surface area (Å²) < 4.78 is 25.7. The van der Waals surface area contributed by atoms with E-state index in [2.05, 4.69) is 17.7 Å². The first kappa shape index (κ1) is 18.1. The van der Waals surface area contributed by atoms with Crippen molar-refractivity contribution < 1.29 is 13.2 Å². The van der Waals surface area contributed by atoms with Crippen LogP contribution in [0.5, 0.6) is 0 Å². The molecule has 5 nitrogen and oxygen atoms in total. The number of amides is 1. The van der Waals surface area contributed by atoms with Crippen molar-refractivity contribution in [3.8, 4) is 0 Å². The highest BCUT2D eigenvalue weighted by Crippen LogP contribution is 2.35. The molecule has 0 saturated carbocycles. The number of likely N-dealkylation sites (tertiary alicyclic amines) is 1. The molecule has 0 radical (unpaired) electrons. The van der Waals surface area contributed by atoms with Gasteiger partial charge in [0.2, 0.25) is 15.9 Å². The van der Waals surface area contributed by atoms with Crippen molar-refractivity contribution >= 4 is 15.9 Å². The van der Waals surface area contributed by atoms with Crippen molar-refractivity contribution in [3.63, 3.8) is 0 Å². The molecule has 2 aliphatic rings. The molecule has 1 saturated heterocycles. The van der Waals surface area contributed by atoms with E-state index in [4.69, 9.17) is 0 Å². The van der Waals surface area contributed by atoms with Gasteiger partial charge in [-0.3, -0.25) is 4.79 Å². The highest BCUT2D eigenvalue weighted by atomic mass is 32.2. The van der Waals surface area contributed by atoms with Crippen LogP contribution in [0.25, 0.3) is 0 Å². The molecule has 1 aromatic carbocycles. The summed E-state index contributed by atoms with van der Waals surface area (Å²) in [4.78, 5) is 14.8. The summed E-state index contributed by atoms with van der Waals surface area (Å²) in [7, 11) is -2.01. The number of carbonyl (C=O) groups is 1. The van der Waals surface area contributed by atoms with Gasteiger partial charge in [0.15, 0.2) is 0 Å². The molecule has 1 heterocycles. The molecule has 1 amide bonds. The maximum absolute atomic E-state index is 12.5. The predicted octanol–water partition coefficient (Wildman–Crippen LogP) is 2.34. The Morgan fingerprint density at radius 2 is 1.88 bits per heavy atom. The average molecular weight is 362 g/mol. The summed E-state index contributed by atoms with van der Waals surface area (Å²) >= 11 is 0. The number of carbonyl (C=O) groups excluding carboxylic acids is 1. The summed E-state index contributed by atoms with van der Waals surface area (Å²) in [5.74, 6) is 1.46. The molecule has 1 aliphatic carbocycles. The third-order valence-electron chi connectivity index (χ3n) is 5.41. The minimum Gasteiger partial charge on any atom is -0.342 e. The molecular formula is C19H26N2O3S. The molecule has 0 bridgehead atoms. The molecule has 136 valence electrons. The van der Waals surface area contributed by atoms with Crippen LogP contribution in [-0.4, -0.2) is 39.4 Å². The van der Waals surface area contributed by atoms with Crippen molar-refractivity contribution in [2.75, 3.05) is 20.1 Å². The van der Waals surface area contributed by atoms with Crippen molar-refractivity contribution in [2.45, 2.75) is 37.5 Å². The van der Waals surface area contributed by atoms with Crippen LogP contribution >= 0.6 is 0 Å². The van der Waals surface area contributed by atoms with Crippen molar-refractivity contribution in [1.29, 1.82) is 0 Å². The summed E-state index contributed by atoms with van der Waals surface area (Å²) in [5.41, 5.74) is 2.43. The monoisotopic (exact) mass is 362 g/mol. The van der Waals surface area contributed by atoms with Gasteiger partial charge in [0.25, 0.3) is 0 Å². The summed E-state index contributed by atoms with van der Waals surface area (Å²) in [5, 5.41) is 0. The van der Waals surface area contributed by atoms with Gasteiger partial charge in [0, 0.05) is 19.5 Å². The Morgan fingerprint density at radius 3 is 2.56 bits per heavy atom. The third kappa shape index (κ3) is 4.12. The number of fused-ring (bicyclic) bond motifs is 1. The lowest BCUT2D eigenvalue weighted by Gasteiger charge is -2.21. The molecule has 25 heavy (non-hydrogen) atoms. The van der Waals surface area contributed by atoms with Crippen LogP contribution in [0.1, 0.15) is 31.7 Å². The topological polar surface area (TPSA) is 66.5 Å². The van der Waals surface area contributed by atoms with Crippen molar-refractivity contribution in [1.82, 2.24) is 9.62 Å². The number of nitrogens with zero attached hydrogens (tertiary/aromatic N) is 1. The maximum atomic E-state index is 12.5. The van der Waals surface area contributed by atoms with Gasteiger partial charge in [-0.25, -0.2) is 13.1 Å². The number of sulfonamides is 1. The molecular weight excluding hydrogens is 336 g/mol. The second-order valence-electron chi connectivity index (χ2n) is 7.16. The molecule has 2 atom stereocenters. The third-order valence-corrected chi connectivity index (χ3v) is 6.84. The normalized spacial score (nSPS) is 23.3. The van der Waals surface area contributed by atoms with Gasteiger partial charge < -0.3 is 4.90 Å². The predicted molar refractivity (Wildman–Crippen MR) is 97.6 cm³/mol. The number of rotatable bonds is 5. The quantitative estimate of drug-likeness (QED) is 0.818. The van der Waals surface area contributed by atoms with Crippen molar-refractivity contribution in [3.05, 3.63) is 41.5 Å². The van der Waals surface area contributed by atoms with E-state index < -0.39 is 10.0 Å². The molecule has 0 unspecified atom stereocenters. The first-order chi connectivity index (χ1) is 11.9. The fraction of sp³-hybridized carbons (Fsp3) is 0.526. The summed E-state index contributed by atoms with van der Waals surface area (Å²) in [6.45, 7) is 3.94. The van der Waals surface area contributed by atoms with Crippen LogP contribution in [0.15, 0.2) is 40.8 Å². The highest BCUT2D eigenvalue weighted by molar-refractivity contribution is 7.89. The van der Waals surface area contributed by atoms with Gasteiger partial charge in [0.05, 0.1) is 4.90 Å². The average Bonchev–Trinajstić information content (AvgIpc) is 3.03. The summed E-state index contributed by atoms with van der Waals surface area (Å²) in [6, 6.07) is 6.75. The minimum atomic E-state index is -3.41. The largest absolute Gasteiger partial charge is 0.342 e. The van der Waals surface area contributed by atoms with E-state index >= 15 is 0 Å². The smallest absolute Gasteiger partial charge is 0.240 e. The number of nitrogens with one attached hydrogen (secondary N) is 1. The Morgan fingerprint density at radius 1 is 1.20 bits per heavy atom. The van der Waals surface area contributed by atoms with Gasteiger partial charge >= 0.3 is 0 Å². The Balaban J connectivity index is 1.53. The summed E-state index contributed by atoms with van der Waals surface area (Å²) in [6.07, 6.45) is 5.65. The van der Waals surface area contributed by atoms with E-state index in [1.54, 1.807) is 24.3 Å². The van der Waals surface area contributed by atoms with Crippen LogP contribution in [0.4, 0.5) is 0 Å². The van der Waals surface area contributed by atoms with Crippen LogP contribution in [-0.2, 0) is 21.2 Å². The second-order valence-corrected chi connectivity index (χ2v) is 9.05. The molecule has 6 heteroatoms. The minimum absolute atomic E-state index is 0.207. The zero-order valence-corrected chi connectivity index (χ0v) is 15.7. The standard InChI is InChI=1S/C19H26N2O3S/c1-14-3-7-16-12-21(13-17(16)11-14)19(22)10-6-15-4-8-18(9-5-15)25(23,24)20-2/h3-5,8-9,16-17,20H,6-7,10-13H2,1-2H3/t16-,17+/m1/s1. The van der Waals surface area contributed by atoms with Gasteiger partial charge in [-0.05, 0) is 62.8 Å². The SMILES string of the molecule is CNS(=O)(=O)c1ccc(CCC(=O)N2C[C@H]3CC=C(C)C[C@H]3C2)cc1. The number of aryl methyl sites for hydroxylation is 1. The zero-order valence-electron chi connectivity index (χ0n) is 14.9. The number of benzene rings is 1. The lowest BCUT2D eigenvalue weighted by Crippen LogP contribution is -2.29. The molecule has 1 N–H and O–H groups in total. The fourth-order valence-corrected chi connectivity index (χ4v) is 4.58. The van der Waals surface area contributed by atoms with E-state index in [1.165, 1.54) is 12.6 Å². The lowest BCUT2D eigenvalue weighted by atomic mass is 9.83. The van der Waals surface area contributed by atoms with E-state index in [1.807, 2.05) is 4.90 Å². The Labute approximate surface area is 150 Å². The molecule has 0 aromatic heterocycles. The van der Waals surface area contributed by atoms with Gasteiger partial charge in [-0.15, -0.1) is 0 Å². The Kier molecular flexibility index (Phi) is 5.29. The number of hydrogen-bond acceptors (Lipinski definition) is 3. The molecule has 0 spiro atoms. The van der Waals surface area contributed by atoms with Crippen LogP contribution in [0, 0.1) is 11.8 Å². The molecule has 3 rings (SSSR count). The molecule has 1 aliphatic heterocycles. The van der Waals surface area contributed by atoms with Crippen LogP contribution in [0.3, 0.4) is 0 Å². The van der Waals surface area contributed by atoms with Gasteiger partial charge in [0.1, 0.15) is 0 Å². The fourth-order valence-electron chi connectivity index (χ4n) is 3.85. The van der Waals surface area contributed by atoms with E-state index in [-0.39, 0.29) is 10.8 Å². The van der Waals surface area contributed by atoms with E-state index in [0.29, 0.717) is 24.7 Å². The van der Waals surface area contributed by atoms with E-state index in [9.17, 15) is 13.2 Å². The lowest BCUT2D eigenvalue weighted by molar-refractivity contribution is -0.130. The van der Waals surface area contributed by atoms with Gasteiger partial charge in [-0.1, -0.05) is 23.8 Å².